The van der Waals surface area contributed by atoms with Crippen molar-refractivity contribution < 1.29 is 9.53 Å². The number of carbonyl (C=O) groups excluding carboxylic acids is 1. The molecule has 0 aromatic heterocycles. The highest BCUT2D eigenvalue weighted by Crippen LogP contribution is 2.20. The van der Waals surface area contributed by atoms with Crippen molar-refractivity contribution in [3.05, 3.63) is 29.3 Å². The molecule has 1 aromatic rings. The van der Waals surface area contributed by atoms with Gasteiger partial charge in [-0.05, 0) is 30.0 Å². The van der Waals surface area contributed by atoms with Gasteiger partial charge in [0, 0.05) is 13.6 Å². The molecule has 4 nitrogen and oxygen atoms in total. The average Bonchev–Trinajstić information content (AvgIpc) is 2.38. The lowest BCUT2D eigenvalue weighted by Gasteiger charge is -2.09. The second-order valence-corrected chi connectivity index (χ2v) is 3.76. The Kier molecular flexibility index (Phi) is 5.33. The number of aryl methyl sites for hydroxylation is 1. The summed E-state index contributed by atoms with van der Waals surface area (Å²) in [5.74, 6) is 0.926. The third-order valence-electron chi connectivity index (χ3n) is 2.65. The van der Waals surface area contributed by atoms with Gasteiger partial charge < -0.3 is 15.4 Å². The van der Waals surface area contributed by atoms with Gasteiger partial charge in [0.25, 0.3) is 0 Å². The first-order chi connectivity index (χ1) is 8.21. The molecule has 0 heterocycles. The summed E-state index contributed by atoms with van der Waals surface area (Å²) in [5, 5.41) is 5.29. The predicted octanol–water partition coefficient (Wildman–Crippen LogP) is 1.73. The third kappa shape index (κ3) is 3.98. The molecule has 0 saturated carbocycles. The summed E-state index contributed by atoms with van der Waals surface area (Å²) >= 11 is 0. The maximum absolute atomic E-state index is 11.0. The van der Waals surface area contributed by atoms with Crippen LogP contribution in [0, 0.1) is 0 Å². The van der Waals surface area contributed by atoms with E-state index in [9.17, 15) is 4.79 Å². The average molecular weight is 236 g/mol. The standard InChI is InChI=1S/C13H20N2O2/c1-4-11-9-10(5-6-12(11)17-3)7-8-15-13(16)14-2/h5-6,9H,4,7-8H2,1-3H3,(H2,14,15,16). The van der Waals surface area contributed by atoms with Gasteiger partial charge in [-0.2, -0.15) is 0 Å². The minimum absolute atomic E-state index is 0.144. The van der Waals surface area contributed by atoms with E-state index in [2.05, 4.69) is 23.6 Å². The van der Waals surface area contributed by atoms with Gasteiger partial charge in [-0.15, -0.1) is 0 Å². The Morgan fingerprint density at radius 1 is 1.41 bits per heavy atom. The topological polar surface area (TPSA) is 50.4 Å². The molecule has 94 valence electrons. The lowest BCUT2D eigenvalue weighted by Crippen LogP contribution is -2.33. The Morgan fingerprint density at radius 2 is 2.18 bits per heavy atom. The molecule has 0 aliphatic carbocycles. The van der Waals surface area contributed by atoms with Crippen LogP contribution in [0.2, 0.25) is 0 Å². The highest BCUT2D eigenvalue weighted by atomic mass is 16.5. The Balaban J connectivity index is 2.57. The first-order valence-electron chi connectivity index (χ1n) is 5.82. The molecule has 0 radical (unpaired) electrons. The molecule has 2 N–H and O–H groups in total. The van der Waals surface area contributed by atoms with Gasteiger partial charge in [0.2, 0.25) is 0 Å². The van der Waals surface area contributed by atoms with Crippen molar-refractivity contribution >= 4 is 6.03 Å². The zero-order chi connectivity index (χ0) is 12.7. The van der Waals surface area contributed by atoms with Crippen LogP contribution >= 0.6 is 0 Å². The lowest BCUT2D eigenvalue weighted by atomic mass is 10.1. The number of nitrogens with one attached hydrogen (secondary N) is 2. The quantitative estimate of drug-likeness (QED) is 0.818. The van der Waals surface area contributed by atoms with E-state index in [0.717, 1.165) is 18.6 Å². The van der Waals surface area contributed by atoms with Crippen LogP contribution in [0.15, 0.2) is 18.2 Å². The summed E-state index contributed by atoms with van der Waals surface area (Å²) in [6.07, 6.45) is 1.77. The summed E-state index contributed by atoms with van der Waals surface area (Å²) in [6, 6.07) is 6.00. The number of hydrogen-bond acceptors (Lipinski definition) is 2. The molecule has 17 heavy (non-hydrogen) atoms. The fourth-order valence-corrected chi connectivity index (χ4v) is 1.67. The molecular weight excluding hydrogens is 216 g/mol. The maximum atomic E-state index is 11.0. The minimum Gasteiger partial charge on any atom is -0.496 e. The molecule has 0 aliphatic rings. The van der Waals surface area contributed by atoms with Crippen molar-refractivity contribution in [2.24, 2.45) is 0 Å². The van der Waals surface area contributed by atoms with E-state index in [1.807, 2.05) is 12.1 Å². The van der Waals surface area contributed by atoms with Gasteiger partial charge in [0.05, 0.1) is 7.11 Å². The monoisotopic (exact) mass is 236 g/mol. The van der Waals surface area contributed by atoms with Gasteiger partial charge in [-0.3, -0.25) is 0 Å². The Labute approximate surface area is 102 Å². The van der Waals surface area contributed by atoms with Crippen molar-refractivity contribution in [1.29, 1.82) is 0 Å². The Bertz CT molecular complexity index is 378. The van der Waals surface area contributed by atoms with Gasteiger partial charge >= 0.3 is 6.03 Å². The molecule has 2 amide bonds. The number of hydrogen-bond donors (Lipinski definition) is 2. The van der Waals surface area contributed by atoms with Crippen LogP contribution in [0.3, 0.4) is 0 Å². The highest BCUT2D eigenvalue weighted by molar-refractivity contribution is 5.73. The number of urea groups is 1. The molecule has 0 fully saturated rings. The minimum atomic E-state index is -0.144. The molecular formula is C13H20N2O2. The van der Waals surface area contributed by atoms with E-state index in [0.29, 0.717) is 6.54 Å². The molecule has 0 aliphatic heterocycles. The van der Waals surface area contributed by atoms with Gasteiger partial charge in [0.15, 0.2) is 0 Å². The van der Waals surface area contributed by atoms with Crippen LogP contribution in [-0.2, 0) is 12.8 Å². The summed E-state index contributed by atoms with van der Waals surface area (Å²) in [7, 11) is 3.29. The summed E-state index contributed by atoms with van der Waals surface area (Å²) in [5.41, 5.74) is 2.41. The Morgan fingerprint density at radius 3 is 2.76 bits per heavy atom. The van der Waals surface area contributed by atoms with E-state index in [1.54, 1.807) is 14.2 Å². The van der Waals surface area contributed by atoms with E-state index in [-0.39, 0.29) is 6.03 Å². The predicted molar refractivity (Wildman–Crippen MR) is 68.5 cm³/mol. The van der Waals surface area contributed by atoms with E-state index >= 15 is 0 Å². The molecule has 0 spiro atoms. The number of amides is 2. The first kappa shape index (κ1) is 13.4. The number of carbonyl (C=O) groups is 1. The molecule has 1 rings (SSSR count). The van der Waals surface area contributed by atoms with Crippen molar-refractivity contribution in [1.82, 2.24) is 10.6 Å². The van der Waals surface area contributed by atoms with Crippen molar-refractivity contribution in [3.8, 4) is 5.75 Å². The fraction of sp³-hybridized carbons (Fsp3) is 0.462. The van der Waals surface area contributed by atoms with Crippen LogP contribution in [0.1, 0.15) is 18.1 Å². The van der Waals surface area contributed by atoms with Gasteiger partial charge in [0.1, 0.15) is 5.75 Å². The lowest BCUT2D eigenvalue weighted by molar-refractivity contribution is 0.243. The first-order valence-corrected chi connectivity index (χ1v) is 5.82. The largest absolute Gasteiger partial charge is 0.496 e. The second-order valence-electron chi connectivity index (χ2n) is 3.76. The van der Waals surface area contributed by atoms with Crippen molar-refractivity contribution in [2.45, 2.75) is 19.8 Å². The number of ether oxygens (including phenoxy) is 1. The van der Waals surface area contributed by atoms with E-state index in [1.165, 1.54) is 11.1 Å². The molecule has 0 bridgehead atoms. The maximum Gasteiger partial charge on any atom is 0.314 e. The van der Waals surface area contributed by atoms with Crippen LogP contribution in [-0.4, -0.2) is 26.7 Å². The third-order valence-corrected chi connectivity index (χ3v) is 2.65. The Hall–Kier alpha value is -1.71. The molecule has 0 saturated heterocycles. The van der Waals surface area contributed by atoms with Crippen LogP contribution in [0.5, 0.6) is 5.75 Å². The van der Waals surface area contributed by atoms with Gasteiger partial charge in [-0.1, -0.05) is 19.1 Å². The fourth-order valence-electron chi connectivity index (χ4n) is 1.67. The van der Waals surface area contributed by atoms with Gasteiger partial charge in [-0.25, -0.2) is 4.79 Å². The zero-order valence-electron chi connectivity index (χ0n) is 10.7. The summed E-state index contributed by atoms with van der Waals surface area (Å²) < 4.78 is 5.27. The normalized spacial score (nSPS) is 9.82. The van der Waals surface area contributed by atoms with Crippen molar-refractivity contribution in [2.75, 3.05) is 20.7 Å². The van der Waals surface area contributed by atoms with Crippen LogP contribution in [0.25, 0.3) is 0 Å². The second kappa shape index (κ2) is 6.78. The van der Waals surface area contributed by atoms with Crippen LogP contribution in [0.4, 0.5) is 4.79 Å². The summed E-state index contributed by atoms with van der Waals surface area (Å²) in [4.78, 5) is 11.0. The van der Waals surface area contributed by atoms with E-state index in [4.69, 9.17) is 4.74 Å². The molecule has 1 aromatic carbocycles. The molecule has 0 atom stereocenters. The molecule has 4 heteroatoms. The number of rotatable bonds is 5. The number of benzene rings is 1. The number of methoxy groups -OCH3 is 1. The SMILES string of the molecule is CCc1cc(CCNC(=O)NC)ccc1OC. The highest BCUT2D eigenvalue weighted by Gasteiger charge is 2.03. The zero-order valence-corrected chi connectivity index (χ0v) is 10.7. The van der Waals surface area contributed by atoms with Crippen LogP contribution < -0.4 is 15.4 Å². The summed E-state index contributed by atoms with van der Waals surface area (Å²) in [6.45, 7) is 2.74. The van der Waals surface area contributed by atoms with Crippen molar-refractivity contribution in [3.63, 3.8) is 0 Å². The smallest absolute Gasteiger partial charge is 0.314 e. The van der Waals surface area contributed by atoms with E-state index < -0.39 is 0 Å². The molecule has 0 unspecified atom stereocenters.